The summed E-state index contributed by atoms with van der Waals surface area (Å²) in [5, 5.41) is 5.42. The highest BCUT2D eigenvalue weighted by Gasteiger charge is 2.13. The normalized spacial score (nSPS) is 10.8. The summed E-state index contributed by atoms with van der Waals surface area (Å²) in [6.07, 6.45) is 0. The molecule has 0 unspecified atom stereocenters. The molecule has 0 heterocycles. The molecule has 0 aromatic heterocycles. The predicted octanol–water partition coefficient (Wildman–Crippen LogP) is 1.87. The summed E-state index contributed by atoms with van der Waals surface area (Å²) in [4.78, 5) is 24.9. The maximum absolute atomic E-state index is 13.5. The molecule has 2 amide bonds. The lowest BCUT2D eigenvalue weighted by Gasteiger charge is -2.17. The van der Waals surface area contributed by atoms with Gasteiger partial charge in [-0.15, -0.1) is 0 Å². The lowest BCUT2D eigenvalue weighted by atomic mass is 10.3. The maximum Gasteiger partial charge on any atom is 0.238 e. The molecule has 1 aromatic carbocycles. The fraction of sp³-hybridized carbons (Fsp3) is 0.429. The third-order valence-electron chi connectivity index (χ3n) is 2.48. The molecule has 0 aliphatic heterocycles. The number of nitrogens with one attached hydrogen (secondary N) is 2. The largest absolute Gasteiger partial charge is 0.353 e. The van der Waals surface area contributed by atoms with Gasteiger partial charge in [0.15, 0.2) is 0 Å². The van der Waals surface area contributed by atoms with Crippen molar-refractivity contribution in [3.05, 3.63) is 29.0 Å². The number of likely N-dealkylation sites (N-methyl/N-ethyl adjacent to an activating group) is 1. The Morgan fingerprint density at radius 1 is 1.29 bits per heavy atom. The average Bonchev–Trinajstić information content (AvgIpc) is 2.31. The molecule has 116 valence electrons. The van der Waals surface area contributed by atoms with Crippen LogP contribution < -0.4 is 10.6 Å². The molecule has 1 rings (SSSR count). The minimum atomic E-state index is -0.601. The highest BCUT2D eigenvalue weighted by molar-refractivity contribution is 6.30. The number of halogens is 2. The number of carbonyl (C=O) groups is 2. The van der Waals surface area contributed by atoms with E-state index in [4.69, 9.17) is 11.6 Å². The molecule has 0 spiro atoms. The van der Waals surface area contributed by atoms with Gasteiger partial charge in [-0.2, -0.15) is 0 Å². The van der Waals surface area contributed by atoms with Crippen LogP contribution in [0.4, 0.5) is 10.1 Å². The molecular formula is C14H19ClFN3O2. The molecule has 0 bridgehead atoms. The molecular weight excluding hydrogens is 297 g/mol. The Kier molecular flexibility index (Phi) is 6.58. The van der Waals surface area contributed by atoms with E-state index in [1.807, 2.05) is 13.8 Å². The van der Waals surface area contributed by atoms with Crippen molar-refractivity contribution in [3.63, 3.8) is 0 Å². The first-order valence-electron chi connectivity index (χ1n) is 6.50. The molecule has 2 N–H and O–H groups in total. The molecule has 0 radical (unpaired) electrons. The highest BCUT2D eigenvalue weighted by atomic mass is 35.5. The Bertz CT molecular complexity index is 523. The van der Waals surface area contributed by atoms with Crippen LogP contribution in [0, 0.1) is 5.82 Å². The molecule has 7 heteroatoms. The van der Waals surface area contributed by atoms with Crippen molar-refractivity contribution in [2.75, 3.05) is 25.5 Å². The molecule has 0 saturated heterocycles. The van der Waals surface area contributed by atoms with E-state index in [0.29, 0.717) is 0 Å². The van der Waals surface area contributed by atoms with E-state index in [2.05, 4.69) is 10.6 Å². The van der Waals surface area contributed by atoms with Gasteiger partial charge in [0.05, 0.1) is 18.8 Å². The van der Waals surface area contributed by atoms with Gasteiger partial charge in [-0.1, -0.05) is 11.6 Å². The zero-order valence-corrected chi connectivity index (χ0v) is 13.0. The second-order valence-corrected chi connectivity index (χ2v) is 5.50. The fourth-order valence-electron chi connectivity index (χ4n) is 1.69. The first-order chi connectivity index (χ1) is 9.77. The van der Waals surface area contributed by atoms with Gasteiger partial charge in [0.2, 0.25) is 11.8 Å². The molecule has 0 aliphatic rings. The number of benzene rings is 1. The number of amides is 2. The Hall–Kier alpha value is -1.66. The third-order valence-corrected chi connectivity index (χ3v) is 2.72. The van der Waals surface area contributed by atoms with E-state index in [0.717, 1.165) is 6.07 Å². The van der Waals surface area contributed by atoms with Gasteiger partial charge in [0, 0.05) is 11.1 Å². The van der Waals surface area contributed by atoms with Crippen LogP contribution in [-0.4, -0.2) is 42.9 Å². The van der Waals surface area contributed by atoms with Crippen molar-refractivity contribution in [3.8, 4) is 0 Å². The van der Waals surface area contributed by atoms with E-state index in [1.54, 1.807) is 11.9 Å². The predicted molar refractivity (Wildman–Crippen MR) is 80.8 cm³/mol. The minimum Gasteiger partial charge on any atom is -0.353 e. The van der Waals surface area contributed by atoms with Crippen LogP contribution in [0.15, 0.2) is 18.2 Å². The summed E-state index contributed by atoms with van der Waals surface area (Å²) in [5.74, 6) is -1.18. The zero-order valence-electron chi connectivity index (χ0n) is 12.2. The van der Waals surface area contributed by atoms with Crippen LogP contribution in [0.2, 0.25) is 5.02 Å². The van der Waals surface area contributed by atoms with Gasteiger partial charge < -0.3 is 10.6 Å². The molecule has 1 aromatic rings. The average molecular weight is 316 g/mol. The van der Waals surface area contributed by atoms with Crippen molar-refractivity contribution in [1.82, 2.24) is 10.2 Å². The van der Waals surface area contributed by atoms with Crippen LogP contribution >= 0.6 is 11.6 Å². The zero-order chi connectivity index (χ0) is 16.0. The van der Waals surface area contributed by atoms with E-state index in [9.17, 15) is 14.0 Å². The van der Waals surface area contributed by atoms with Crippen molar-refractivity contribution in [2.24, 2.45) is 0 Å². The van der Waals surface area contributed by atoms with Crippen molar-refractivity contribution >= 4 is 29.1 Å². The molecule has 0 atom stereocenters. The standard InChI is InChI=1S/C14H19ClFN3O2/c1-9(2)17-13(20)7-19(3)8-14(21)18-12-5-4-10(15)6-11(12)16/h4-6,9H,7-8H2,1-3H3,(H,17,20)(H,18,21). The summed E-state index contributed by atoms with van der Waals surface area (Å²) in [5.41, 5.74) is 0.0597. The second kappa shape index (κ2) is 7.95. The van der Waals surface area contributed by atoms with Gasteiger partial charge >= 0.3 is 0 Å². The van der Waals surface area contributed by atoms with Gasteiger partial charge in [-0.25, -0.2) is 4.39 Å². The minimum absolute atomic E-state index is 0.0203. The molecule has 0 fully saturated rings. The number of hydrogen-bond donors (Lipinski definition) is 2. The van der Waals surface area contributed by atoms with E-state index in [1.165, 1.54) is 12.1 Å². The summed E-state index contributed by atoms with van der Waals surface area (Å²) in [6.45, 7) is 3.78. The second-order valence-electron chi connectivity index (χ2n) is 5.07. The van der Waals surface area contributed by atoms with Gasteiger partial charge in [0.1, 0.15) is 5.82 Å². The number of anilines is 1. The fourth-order valence-corrected chi connectivity index (χ4v) is 1.85. The van der Waals surface area contributed by atoms with E-state index in [-0.39, 0.29) is 35.7 Å². The summed E-state index contributed by atoms with van der Waals surface area (Å²) in [7, 11) is 1.64. The van der Waals surface area contributed by atoms with Crippen LogP contribution in [0.3, 0.4) is 0 Å². The number of nitrogens with zero attached hydrogens (tertiary/aromatic N) is 1. The van der Waals surface area contributed by atoms with Gasteiger partial charge in [-0.05, 0) is 39.1 Å². The topological polar surface area (TPSA) is 61.4 Å². The summed E-state index contributed by atoms with van der Waals surface area (Å²) >= 11 is 5.63. The lowest BCUT2D eigenvalue weighted by molar-refractivity contribution is -0.123. The lowest BCUT2D eigenvalue weighted by Crippen LogP contribution is -2.41. The van der Waals surface area contributed by atoms with Crippen LogP contribution in [0.1, 0.15) is 13.8 Å². The Morgan fingerprint density at radius 2 is 1.90 bits per heavy atom. The number of hydrogen-bond acceptors (Lipinski definition) is 3. The Balaban J connectivity index is 2.47. The molecule has 21 heavy (non-hydrogen) atoms. The third kappa shape index (κ3) is 6.55. The monoisotopic (exact) mass is 315 g/mol. The molecule has 5 nitrogen and oxygen atoms in total. The number of carbonyl (C=O) groups excluding carboxylic acids is 2. The SMILES string of the molecule is CC(C)NC(=O)CN(C)CC(=O)Nc1ccc(Cl)cc1F. The van der Waals surface area contributed by atoms with Crippen LogP contribution in [0.5, 0.6) is 0 Å². The van der Waals surface area contributed by atoms with Crippen molar-refractivity contribution in [1.29, 1.82) is 0 Å². The van der Waals surface area contributed by atoms with Crippen LogP contribution in [0.25, 0.3) is 0 Å². The Morgan fingerprint density at radius 3 is 2.48 bits per heavy atom. The molecule has 0 saturated carbocycles. The summed E-state index contributed by atoms with van der Waals surface area (Å²) in [6, 6.07) is 4.04. The smallest absolute Gasteiger partial charge is 0.238 e. The summed E-state index contributed by atoms with van der Waals surface area (Å²) < 4.78 is 13.5. The quantitative estimate of drug-likeness (QED) is 0.842. The Labute approximate surface area is 128 Å². The maximum atomic E-state index is 13.5. The van der Waals surface area contributed by atoms with E-state index >= 15 is 0 Å². The first-order valence-corrected chi connectivity index (χ1v) is 6.88. The van der Waals surface area contributed by atoms with Crippen LogP contribution in [-0.2, 0) is 9.59 Å². The van der Waals surface area contributed by atoms with Crippen molar-refractivity contribution < 1.29 is 14.0 Å². The first kappa shape index (κ1) is 17.4. The highest BCUT2D eigenvalue weighted by Crippen LogP contribution is 2.18. The van der Waals surface area contributed by atoms with Gasteiger partial charge in [-0.3, -0.25) is 14.5 Å². The van der Waals surface area contributed by atoms with Crippen molar-refractivity contribution in [2.45, 2.75) is 19.9 Å². The van der Waals surface area contributed by atoms with E-state index < -0.39 is 11.7 Å². The van der Waals surface area contributed by atoms with Gasteiger partial charge in [0.25, 0.3) is 0 Å². The molecule has 0 aliphatic carbocycles. The number of rotatable bonds is 6.